The molecule has 21 heavy (non-hydrogen) atoms. The summed E-state index contributed by atoms with van der Waals surface area (Å²) in [7, 11) is 0. The third-order valence-corrected chi connectivity index (χ3v) is 3.67. The van der Waals surface area contributed by atoms with Gasteiger partial charge in [0.25, 0.3) is 0 Å². The number of hydrogen-bond donors (Lipinski definition) is 1. The maximum absolute atomic E-state index is 13.7. The maximum Gasteiger partial charge on any atom is 0.128 e. The standard InChI is InChI=1S/C17H18ClF2N/c1-11(9-13-3-5-14(18)6-4-13)21-12(2)16-10-15(19)7-8-17(16)20/h3-8,10-12,21H,9H2,1-2H3. The molecule has 0 aliphatic heterocycles. The molecule has 0 spiro atoms. The second-order valence-electron chi connectivity index (χ2n) is 5.29. The summed E-state index contributed by atoms with van der Waals surface area (Å²) < 4.78 is 26.9. The molecule has 0 aromatic heterocycles. The molecule has 2 aromatic carbocycles. The Morgan fingerprint density at radius 1 is 1.05 bits per heavy atom. The topological polar surface area (TPSA) is 12.0 Å². The summed E-state index contributed by atoms with van der Waals surface area (Å²) in [5.41, 5.74) is 1.49. The van der Waals surface area contributed by atoms with Crippen molar-refractivity contribution in [3.05, 3.63) is 70.2 Å². The molecule has 0 saturated carbocycles. The van der Waals surface area contributed by atoms with Crippen LogP contribution in [-0.4, -0.2) is 6.04 Å². The minimum Gasteiger partial charge on any atom is -0.307 e. The van der Waals surface area contributed by atoms with Gasteiger partial charge in [-0.05, 0) is 56.2 Å². The molecule has 4 heteroatoms. The average Bonchev–Trinajstić information content (AvgIpc) is 2.44. The van der Waals surface area contributed by atoms with Crippen molar-refractivity contribution < 1.29 is 8.78 Å². The van der Waals surface area contributed by atoms with Crippen LogP contribution in [0.1, 0.15) is 31.0 Å². The van der Waals surface area contributed by atoms with Gasteiger partial charge in [0.1, 0.15) is 11.6 Å². The normalized spacial score (nSPS) is 14.0. The summed E-state index contributed by atoms with van der Waals surface area (Å²) in [4.78, 5) is 0. The lowest BCUT2D eigenvalue weighted by Crippen LogP contribution is -2.31. The van der Waals surface area contributed by atoms with E-state index in [0.29, 0.717) is 10.6 Å². The van der Waals surface area contributed by atoms with Crippen molar-refractivity contribution in [1.82, 2.24) is 5.32 Å². The smallest absolute Gasteiger partial charge is 0.128 e. The van der Waals surface area contributed by atoms with E-state index in [1.165, 1.54) is 6.07 Å². The Morgan fingerprint density at radius 2 is 1.71 bits per heavy atom. The van der Waals surface area contributed by atoms with Crippen LogP contribution in [0.3, 0.4) is 0 Å². The Balaban J connectivity index is 2.00. The van der Waals surface area contributed by atoms with Gasteiger partial charge in [-0.25, -0.2) is 8.78 Å². The highest BCUT2D eigenvalue weighted by Crippen LogP contribution is 2.19. The first-order valence-corrected chi connectivity index (χ1v) is 7.29. The van der Waals surface area contributed by atoms with Gasteiger partial charge in [-0.3, -0.25) is 0 Å². The van der Waals surface area contributed by atoms with E-state index in [0.717, 1.165) is 24.1 Å². The zero-order valence-corrected chi connectivity index (χ0v) is 12.8. The summed E-state index contributed by atoms with van der Waals surface area (Å²) in [6.45, 7) is 3.85. The van der Waals surface area contributed by atoms with Crippen LogP contribution in [-0.2, 0) is 6.42 Å². The Labute approximate surface area is 128 Å². The van der Waals surface area contributed by atoms with Crippen LogP contribution in [0.25, 0.3) is 0 Å². The quantitative estimate of drug-likeness (QED) is 0.828. The van der Waals surface area contributed by atoms with E-state index in [-0.39, 0.29) is 12.1 Å². The third kappa shape index (κ3) is 4.51. The molecule has 2 atom stereocenters. The van der Waals surface area contributed by atoms with Crippen molar-refractivity contribution in [2.24, 2.45) is 0 Å². The third-order valence-electron chi connectivity index (χ3n) is 3.41. The van der Waals surface area contributed by atoms with E-state index >= 15 is 0 Å². The highest BCUT2D eigenvalue weighted by atomic mass is 35.5. The van der Waals surface area contributed by atoms with Gasteiger partial charge in [0.2, 0.25) is 0 Å². The van der Waals surface area contributed by atoms with Gasteiger partial charge in [-0.1, -0.05) is 23.7 Å². The first-order valence-electron chi connectivity index (χ1n) is 6.91. The van der Waals surface area contributed by atoms with Crippen molar-refractivity contribution in [3.8, 4) is 0 Å². The van der Waals surface area contributed by atoms with Crippen LogP contribution in [0.15, 0.2) is 42.5 Å². The first-order chi connectivity index (χ1) is 9.95. The van der Waals surface area contributed by atoms with Gasteiger partial charge in [-0.2, -0.15) is 0 Å². The van der Waals surface area contributed by atoms with Gasteiger partial charge in [0.05, 0.1) is 0 Å². The molecule has 112 valence electrons. The highest BCUT2D eigenvalue weighted by Gasteiger charge is 2.14. The zero-order chi connectivity index (χ0) is 15.4. The van der Waals surface area contributed by atoms with Gasteiger partial charge in [0, 0.05) is 22.7 Å². The van der Waals surface area contributed by atoms with Crippen LogP contribution in [0.4, 0.5) is 8.78 Å². The predicted molar refractivity (Wildman–Crippen MR) is 82.5 cm³/mol. The molecule has 2 aromatic rings. The number of nitrogens with one attached hydrogen (secondary N) is 1. The highest BCUT2D eigenvalue weighted by molar-refractivity contribution is 6.30. The molecule has 0 saturated heterocycles. The van der Waals surface area contributed by atoms with Gasteiger partial charge >= 0.3 is 0 Å². The minimum absolute atomic E-state index is 0.129. The van der Waals surface area contributed by atoms with Crippen molar-refractivity contribution in [2.75, 3.05) is 0 Å². The lowest BCUT2D eigenvalue weighted by Gasteiger charge is -2.21. The van der Waals surface area contributed by atoms with Crippen molar-refractivity contribution in [3.63, 3.8) is 0 Å². The molecule has 1 N–H and O–H groups in total. The van der Waals surface area contributed by atoms with Crippen LogP contribution in [0, 0.1) is 11.6 Å². The SMILES string of the molecule is CC(Cc1ccc(Cl)cc1)NC(C)c1cc(F)ccc1F. The Morgan fingerprint density at radius 3 is 2.38 bits per heavy atom. The van der Waals surface area contributed by atoms with E-state index in [1.54, 1.807) is 0 Å². The number of benzene rings is 2. The number of hydrogen-bond acceptors (Lipinski definition) is 1. The van der Waals surface area contributed by atoms with Crippen LogP contribution >= 0.6 is 11.6 Å². The van der Waals surface area contributed by atoms with E-state index in [1.807, 2.05) is 38.1 Å². The fourth-order valence-corrected chi connectivity index (χ4v) is 2.52. The van der Waals surface area contributed by atoms with E-state index in [2.05, 4.69) is 5.32 Å². The second-order valence-corrected chi connectivity index (χ2v) is 5.72. The summed E-state index contributed by atoms with van der Waals surface area (Å²) in [6, 6.07) is 11.0. The average molecular weight is 310 g/mol. The van der Waals surface area contributed by atoms with Crippen LogP contribution in [0.5, 0.6) is 0 Å². The summed E-state index contributed by atoms with van der Waals surface area (Å²) in [5.74, 6) is -0.819. The molecule has 0 bridgehead atoms. The Bertz CT molecular complexity index is 598. The minimum atomic E-state index is -0.426. The van der Waals surface area contributed by atoms with Gasteiger partial charge in [0.15, 0.2) is 0 Å². The van der Waals surface area contributed by atoms with E-state index in [4.69, 9.17) is 11.6 Å². The monoisotopic (exact) mass is 309 g/mol. The fraction of sp³-hybridized carbons (Fsp3) is 0.294. The Kier molecular flexibility index (Phi) is 5.32. The van der Waals surface area contributed by atoms with Gasteiger partial charge in [-0.15, -0.1) is 0 Å². The molecule has 1 nitrogen and oxygen atoms in total. The summed E-state index contributed by atoms with van der Waals surface area (Å²) in [6.07, 6.45) is 0.790. The largest absolute Gasteiger partial charge is 0.307 e. The molecule has 0 aliphatic carbocycles. The van der Waals surface area contributed by atoms with Crippen molar-refractivity contribution in [1.29, 1.82) is 0 Å². The summed E-state index contributed by atoms with van der Waals surface area (Å²) in [5, 5.41) is 3.99. The summed E-state index contributed by atoms with van der Waals surface area (Å²) >= 11 is 5.85. The van der Waals surface area contributed by atoms with Crippen molar-refractivity contribution in [2.45, 2.75) is 32.4 Å². The van der Waals surface area contributed by atoms with Crippen LogP contribution in [0.2, 0.25) is 5.02 Å². The molecule has 0 amide bonds. The number of halogens is 3. The Hall–Kier alpha value is -1.45. The van der Waals surface area contributed by atoms with E-state index < -0.39 is 11.6 Å². The predicted octanol–water partition coefficient (Wildman–Crippen LogP) is 4.90. The zero-order valence-electron chi connectivity index (χ0n) is 12.0. The molecule has 0 heterocycles. The second kappa shape index (κ2) is 7.01. The number of rotatable bonds is 5. The molecule has 2 unspecified atom stereocenters. The molecule has 0 fully saturated rings. The molecular weight excluding hydrogens is 292 g/mol. The van der Waals surface area contributed by atoms with Gasteiger partial charge < -0.3 is 5.32 Å². The maximum atomic E-state index is 13.7. The lowest BCUT2D eigenvalue weighted by molar-refractivity contribution is 0.457. The molecule has 0 aliphatic rings. The fourth-order valence-electron chi connectivity index (χ4n) is 2.40. The molecular formula is C17H18ClF2N. The lowest BCUT2D eigenvalue weighted by atomic mass is 10.0. The van der Waals surface area contributed by atoms with E-state index in [9.17, 15) is 8.78 Å². The van der Waals surface area contributed by atoms with Crippen LogP contribution < -0.4 is 5.32 Å². The first kappa shape index (κ1) is 15.9. The van der Waals surface area contributed by atoms with Crippen molar-refractivity contribution >= 4 is 11.6 Å². The molecule has 2 rings (SSSR count). The molecule has 0 radical (unpaired) electrons.